The number of pyridine rings is 1. The van der Waals surface area contributed by atoms with Gasteiger partial charge in [0.2, 0.25) is 0 Å². The molecule has 0 atom stereocenters. The van der Waals surface area contributed by atoms with Crippen LogP contribution in [0.5, 0.6) is 0 Å². The molecule has 0 aromatic carbocycles. The summed E-state index contributed by atoms with van der Waals surface area (Å²) in [6.07, 6.45) is 3.26. The number of hydrogen-bond donors (Lipinski definition) is 2. The molecule has 1 amide bonds. The molecule has 0 radical (unpaired) electrons. The summed E-state index contributed by atoms with van der Waals surface area (Å²) in [7, 11) is 0. The van der Waals surface area contributed by atoms with Gasteiger partial charge in [-0.25, -0.2) is 0 Å². The SMILES string of the molecule is NCc1cc(C(=O)N2CCC(CC(=O)O)CC2)ccn1. The molecule has 6 nitrogen and oxygen atoms in total. The van der Waals surface area contributed by atoms with Crippen LogP contribution in [0.1, 0.15) is 35.3 Å². The van der Waals surface area contributed by atoms with E-state index in [2.05, 4.69) is 4.98 Å². The Morgan fingerprint density at radius 3 is 2.70 bits per heavy atom. The number of likely N-dealkylation sites (tertiary alicyclic amines) is 1. The van der Waals surface area contributed by atoms with E-state index in [1.807, 2.05) is 0 Å². The molecule has 0 aliphatic carbocycles. The Hall–Kier alpha value is -1.95. The lowest BCUT2D eigenvalue weighted by atomic mass is 9.93. The topological polar surface area (TPSA) is 96.5 Å². The highest BCUT2D eigenvalue weighted by Gasteiger charge is 2.25. The van der Waals surface area contributed by atoms with Gasteiger partial charge >= 0.3 is 5.97 Å². The maximum absolute atomic E-state index is 12.3. The molecule has 3 N–H and O–H groups in total. The molecule has 6 heteroatoms. The van der Waals surface area contributed by atoms with Crippen molar-refractivity contribution in [3.05, 3.63) is 29.6 Å². The van der Waals surface area contributed by atoms with Crippen molar-refractivity contribution in [2.24, 2.45) is 11.7 Å². The van der Waals surface area contributed by atoms with Crippen LogP contribution >= 0.6 is 0 Å². The largest absolute Gasteiger partial charge is 0.481 e. The molecule has 0 saturated carbocycles. The zero-order valence-corrected chi connectivity index (χ0v) is 11.3. The fourth-order valence-corrected chi connectivity index (χ4v) is 2.49. The fourth-order valence-electron chi connectivity index (χ4n) is 2.49. The molecule has 2 heterocycles. The Bertz CT molecular complexity index is 496. The molecule has 1 aromatic rings. The first-order chi connectivity index (χ1) is 9.60. The van der Waals surface area contributed by atoms with Gasteiger partial charge in [0.15, 0.2) is 0 Å². The number of carboxylic acids is 1. The van der Waals surface area contributed by atoms with E-state index in [1.54, 1.807) is 23.2 Å². The summed E-state index contributed by atoms with van der Waals surface area (Å²) in [5, 5.41) is 8.78. The van der Waals surface area contributed by atoms with Crippen molar-refractivity contribution in [1.29, 1.82) is 0 Å². The van der Waals surface area contributed by atoms with Gasteiger partial charge in [-0.05, 0) is 30.9 Å². The van der Waals surface area contributed by atoms with Crippen molar-refractivity contribution in [1.82, 2.24) is 9.88 Å². The van der Waals surface area contributed by atoms with Gasteiger partial charge in [-0.2, -0.15) is 0 Å². The van der Waals surface area contributed by atoms with E-state index in [0.29, 0.717) is 30.9 Å². The maximum Gasteiger partial charge on any atom is 0.303 e. The van der Waals surface area contributed by atoms with Gasteiger partial charge in [0.1, 0.15) is 0 Å². The third-order valence-corrected chi connectivity index (χ3v) is 3.64. The van der Waals surface area contributed by atoms with Crippen LogP contribution < -0.4 is 5.73 Å². The molecule has 0 unspecified atom stereocenters. The van der Waals surface area contributed by atoms with Crippen LogP contribution in [0.25, 0.3) is 0 Å². The minimum Gasteiger partial charge on any atom is -0.481 e. The fraction of sp³-hybridized carbons (Fsp3) is 0.500. The van der Waals surface area contributed by atoms with Crippen LogP contribution in [0, 0.1) is 5.92 Å². The first kappa shape index (κ1) is 14.5. The van der Waals surface area contributed by atoms with E-state index >= 15 is 0 Å². The van der Waals surface area contributed by atoms with E-state index in [9.17, 15) is 9.59 Å². The lowest BCUT2D eigenvalue weighted by Gasteiger charge is -2.31. The number of amides is 1. The third kappa shape index (κ3) is 3.54. The summed E-state index contributed by atoms with van der Waals surface area (Å²) >= 11 is 0. The quantitative estimate of drug-likeness (QED) is 0.851. The van der Waals surface area contributed by atoms with Crippen molar-refractivity contribution in [3.63, 3.8) is 0 Å². The highest BCUT2D eigenvalue weighted by molar-refractivity contribution is 5.94. The summed E-state index contributed by atoms with van der Waals surface area (Å²) in [5.74, 6) is -0.624. The summed E-state index contributed by atoms with van der Waals surface area (Å²) in [6.45, 7) is 1.52. The molecule has 108 valence electrons. The lowest BCUT2D eigenvalue weighted by molar-refractivity contribution is -0.138. The number of nitrogens with zero attached hydrogens (tertiary/aromatic N) is 2. The summed E-state index contributed by atoms with van der Waals surface area (Å²) in [5.41, 5.74) is 6.80. The number of nitrogens with two attached hydrogens (primary N) is 1. The van der Waals surface area contributed by atoms with Crippen LogP contribution in [0.2, 0.25) is 0 Å². The van der Waals surface area contributed by atoms with Crippen molar-refractivity contribution in [3.8, 4) is 0 Å². The summed E-state index contributed by atoms with van der Waals surface area (Å²) in [6, 6.07) is 3.40. The average Bonchev–Trinajstić information content (AvgIpc) is 2.47. The molecule has 1 aromatic heterocycles. The number of piperidine rings is 1. The highest BCUT2D eigenvalue weighted by atomic mass is 16.4. The second kappa shape index (κ2) is 6.47. The monoisotopic (exact) mass is 277 g/mol. The van der Waals surface area contributed by atoms with E-state index in [0.717, 1.165) is 12.8 Å². The summed E-state index contributed by atoms with van der Waals surface area (Å²) < 4.78 is 0. The zero-order chi connectivity index (χ0) is 14.5. The first-order valence-electron chi connectivity index (χ1n) is 6.76. The van der Waals surface area contributed by atoms with Crippen LogP contribution in [0.4, 0.5) is 0 Å². The number of hydrogen-bond acceptors (Lipinski definition) is 4. The van der Waals surface area contributed by atoms with Gasteiger partial charge in [-0.15, -0.1) is 0 Å². The van der Waals surface area contributed by atoms with Gasteiger partial charge in [-0.3, -0.25) is 14.6 Å². The molecular formula is C14H19N3O3. The molecule has 0 bridgehead atoms. The van der Waals surface area contributed by atoms with Crippen LogP contribution in [0.15, 0.2) is 18.3 Å². The van der Waals surface area contributed by atoms with Crippen LogP contribution in [-0.2, 0) is 11.3 Å². The minimum absolute atomic E-state index is 0.0316. The van der Waals surface area contributed by atoms with Gasteiger partial charge in [0.05, 0.1) is 5.69 Å². The second-order valence-electron chi connectivity index (χ2n) is 5.07. The van der Waals surface area contributed by atoms with E-state index in [1.165, 1.54) is 0 Å². The predicted octanol–water partition coefficient (Wildman–Crippen LogP) is 0.867. The van der Waals surface area contributed by atoms with Gasteiger partial charge in [-0.1, -0.05) is 0 Å². The summed E-state index contributed by atoms with van der Waals surface area (Å²) in [4.78, 5) is 28.9. The molecule has 1 saturated heterocycles. The van der Waals surface area contributed by atoms with E-state index in [-0.39, 0.29) is 18.2 Å². The normalized spacial score (nSPS) is 16.1. The Labute approximate surface area is 117 Å². The molecular weight excluding hydrogens is 258 g/mol. The Morgan fingerprint density at radius 2 is 2.10 bits per heavy atom. The third-order valence-electron chi connectivity index (χ3n) is 3.64. The number of aromatic nitrogens is 1. The number of carboxylic acid groups (broad SMARTS) is 1. The molecule has 2 rings (SSSR count). The highest BCUT2D eigenvalue weighted by Crippen LogP contribution is 2.21. The van der Waals surface area contributed by atoms with E-state index in [4.69, 9.17) is 10.8 Å². The van der Waals surface area contributed by atoms with Crippen molar-refractivity contribution < 1.29 is 14.7 Å². The molecule has 0 spiro atoms. The predicted molar refractivity (Wildman–Crippen MR) is 73.0 cm³/mol. The smallest absolute Gasteiger partial charge is 0.303 e. The molecule has 1 fully saturated rings. The Balaban J connectivity index is 1.96. The first-order valence-corrected chi connectivity index (χ1v) is 6.76. The van der Waals surface area contributed by atoms with Gasteiger partial charge in [0, 0.05) is 37.8 Å². The van der Waals surface area contributed by atoms with Gasteiger partial charge in [0.25, 0.3) is 5.91 Å². The number of rotatable bonds is 4. The second-order valence-corrected chi connectivity index (χ2v) is 5.07. The van der Waals surface area contributed by atoms with Crippen molar-refractivity contribution in [2.75, 3.05) is 13.1 Å². The lowest BCUT2D eigenvalue weighted by Crippen LogP contribution is -2.39. The maximum atomic E-state index is 12.3. The van der Waals surface area contributed by atoms with E-state index < -0.39 is 5.97 Å². The Kier molecular flexibility index (Phi) is 4.68. The zero-order valence-electron chi connectivity index (χ0n) is 11.3. The van der Waals surface area contributed by atoms with Crippen LogP contribution in [0.3, 0.4) is 0 Å². The Morgan fingerprint density at radius 1 is 1.40 bits per heavy atom. The molecule has 1 aliphatic heterocycles. The number of carbonyl (C=O) groups excluding carboxylic acids is 1. The molecule has 20 heavy (non-hydrogen) atoms. The van der Waals surface area contributed by atoms with Crippen molar-refractivity contribution >= 4 is 11.9 Å². The van der Waals surface area contributed by atoms with Crippen molar-refractivity contribution in [2.45, 2.75) is 25.8 Å². The molecule has 1 aliphatic rings. The number of aliphatic carboxylic acids is 1. The minimum atomic E-state index is -0.767. The average molecular weight is 277 g/mol. The van der Waals surface area contributed by atoms with Gasteiger partial charge < -0.3 is 15.7 Å². The van der Waals surface area contributed by atoms with Crippen LogP contribution in [-0.4, -0.2) is 40.0 Å². The number of carbonyl (C=O) groups is 2. The standard InChI is InChI=1S/C14H19N3O3/c15-9-12-8-11(1-4-16-12)14(20)17-5-2-10(3-6-17)7-13(18)19/h1,4,8,10H,2-3,5-7,9,15H2,(H,18,19).